The molecule has 1 aromatic heterocycles. The van der Waals surface area contributed by atoms with E-state index in [9.17, 15) is 4.79 Å². The van der Waals surface area contributed by atoms with Gasteiger partial charge in [0, 0.05) is 46.9 Å². The summed E-state index contributed by atoms with van der Waals surface area (Å²) < 4.78 is 0. The van der Waals surface area contributed by atoms with Crippen molar-refractivity contribution in [3.63, 3.8) is 0 Å². The standard InChI is InChI=1S/C22H23N5OS2/c1-27-11-10-18(26-27)13-23-22-25-20(14-30-22)16-4-3-5-17(12-16)24-21(28)15-6-8-19(29-2)9-7-15/h3-12,14,18,26H,13H2,1-2H3,(H,23,25)(H,24,28). The van der Waals surface area contributed by atoms with Gasteiger partial charge in [-0.25, -0.2) is 10.4 Å². The van der Waals surface area contributed by atoms with Crippen LogP contribution in [0, 0.1) is 0 Å². The van der Waals surface area contributed by atoms with Crippen LogP contribution in [0.3, 0.4) is 0 Å². The zero-order valence-electron chi connectivity index (χ0n) is 16.8. The number of nitrogens with zero attached hydrogens (tertiary/aromatic N) is 2. The lowest BCUT2D eigenvalue weighted by Gasteiger charge is -2.14. The van der Waals surface area contributed by atoms with Crippen LogP contribution in [0.2, 0.25) is 0 Å². The fourth-order valence-electron chi connectivity index (χ4n) is 3.08. The molecule has 0 bridgehead atoms. The molecule has 1 aliphatic rings. The largest absolute Gasteiger partial charge is 0.360 e. The van der Waals surface area contributed by atoms with E-state index < -0.39 is 0 Å². The quantitative estimate of drug-likeness (QED) is 0.472. The number of hydrogen-bond acceptors (Lipinski definition) is 7. The van der Waals surface area contributed by atoms with Crippen molar-refractivity contribution >= 4 is 39.8 Å². The zero-order valence-corrected chi connectivity index (χ0v) is 18.4. The van der Waals surface area contributed by atoms with Crippen LogP contribution in [-0.4, -0.2) is 41.8 Å². The van der Waals surface area contributed by atoms with E-state index in [4.69, 9.17) is 0 Å². The van der Waals surface area contributed by atoms with Gasteiger partial charge in [0.25, 0.3) is 5.91 Å². The Morgan fingerprint density at radius 2 is 2.10 bits per heavy atom. The summed E-state index contributed by atoms with van der Waals surface area (Å²) in [6.07, 6.45) is 6.14. The summed E-state index contributed by atoms with van der Waals surface area (Å²) in [6, 6.07) is 15.6. The van der Waals surface area contributed by atoms with E-state index in [1.54, 1.807) is 23.1 Å². The van der Waals surface area contributed by atoms with Crippen LogP contribution >= 0.6 is 23.1 Å². The molecule has 1 aliphatic heterocycles. The lowest BCUT2D eigenvalue weighted by atomic mass is 10.1. The molecule has 1 unspecified atom stereocenters. The Hall–Kier alpha value is -2.81. The van der Waals surface area contributed by atoms with E-state index >= 15 is 0 Å². The minimum Gasteiger partial charge on any atom is -0.360 e. The van der Waals surface area contributed by atoms with E-state index in [1.165, 1.54) is 0 Å². The van der Waals surface area contributed by atoms with Gasteiger partial charge in [-0.1, -0.05) is 12.1 Å². The number of aromatic nitrogens is 1. The van der Waals surface area contributed by atoms with Gasteiger partial charge in [0.2, 0.25) is 0 Å². The van der Waals surface area contributed by atoms with Gasteiger partial charge >= 0.3 is 0 Å². The van der Waals surface area contributed by atoms with Gasteiger partial charge < -0.3 is 15.6 Å². The predicted octanol–water partition coefficient (Wildman–Crippen LogP) is 4.53. The summed E-state index contributed by atoms with van der Waals surface area (Å²) in [5, 5.41) is 11.2. The van der Waals surface area contributed by atoms with E-state index in [0.29, 0.717) is 5.56 Å². The highest BCUT2D eigenvalue weighted by atomic mass is 32.2. The van der Waals surface area contributed by atoms with Crippen LogP contribution in [0.25, 0.3) is 11.3 Å². The van der Waals surface area contributed by atoms with Crippen LogP contribution in [0.5, 0.6) is 0 Å². The van der Waals surface area contributed by atoms with Gasteiger partial charge in [-0.05, 0) is 48.7 Å². The molecule has 0 spiro atoms. The van der Waals surface area contributed by atoms with Gasteiger partial charge in [0.1, 0.15) is 0 Å². The molecule has 30 heavy (non-hydrogen) atoms. The minimum absolute atomic E-state index is 0.123. The van der Waals surface area contributed by atoms with Crippen molar-refractivity contribution in [3.8, 4) is 11.3 Å². The van der Waals surface area contributed by atoms with E-state index in [2.05, 4.69) is 27.1 Å². The SMILES string of the molecule is CSc1ccc(C(=O)Nc2cccc(-c3csc(NCC4C=CN(C)N4)n3)c2)cc1. The van der Waals surface area contributed by atoms with E-state index in [0.717, 1.165) is 33.5 Å². The summed E-state index contributed by atoms with van der Waals surface area (Å²) >= 11 is 3.23. The molecule has 2 aromatic carbocycles. The first-order valence-corrected chi connectivity index (χ1v) is 11.6. The molecule has 0 saturated carbocycles. The molecule has 154 valence electrons. The van der Waals surface area contributed by atoms with E-state index in [-0.39, 0.29) is 11.9 Å². The molecule has 3 N–H and O–H groups in total. The third-order valence-electron chi connectivity index (χ3n) is 4.66. The number of carbonyl (C=O) groups is 1. The molecule has 4 rings (SSSR count). The first-order valence-electron chi connectivity index (χ1n) is 9.53. The van der Waals surface area contributed by atoms with Crippen molar-refractivity contribution in [1.29, 1.82) is 0 Å². The number of hydrogen-bond donors (Lipinski definition) is 3. The molecule has 0 aliphatic carbocycles. The third-order valence-corrected chi connectivity index (χ3v) is 6.20. The Morgan fingerprint density at radius 3 is 2.83 bits per heavy atom. The smallest absolute Gasteiger partial charge is 0.255 e. The molecule has 3 aromatic rings. The van der Waals surface area contributed by atoms with Crippen molar-refractivity contribution in [2.45, 2.75) is 10.9 Å². The maximum Gasteiger partial charge on any atom is 0.255 e. The molecular weight excluding hydrogens is 414 g/mol. The first kappa shape index (κ1) is 20.5. The topological polar surface area (TPSA) is 69.3 Å². The number of anilines is 2. The van der Waals surface area contributed by atoms with Crippen LogP contribution in [-0.2, 0) is 0 Å². The van der Waals surface area contributed by atoms with Gasteiger partial charge in [0.15, 0.2) is 5.13 Å². The van der Waals surface area contributed by atoms with Crippen LogP contribution < -0.4 is 16.1 Å². The minimum atomic E-state index is -0.123. The number of benzene rings is 2. The molecule has 1 atom stereocenters. The summed E-state index contributed by atoms with van der Waals surface area (Å²) in [4.78, 5) is 18.4. The maximum atomic E-state index is 12.5. The number of rotatable bonds is 7. The molecule has 6 nitrogen and oxygen atoms in total. The second kappa shape index (κ2) is 9.34. The predicted molar refractivity (Wildman–Crippen MR) is 126 cm³/mol. The Labute approximate surface area is 184 Å². The van der Waals surface area contributed by atoms with Gasteiger partial charge in [-0.3, -0.25) is 4.79 Å². The monoisotopic (exact) mass is 437 g/mol. The Bertz CT molecular complexity index is 1050. The highest BCUT2D eigenvalue weighted by molar-refractivity contribution is 7.98. The van der Waals surface area contributed by atoms with Crippen molar-refractivity contribution in [2.75, 3.05) is 30.5 Å². The number of hydrazine groups is 1. The fourth-order valence-corrected chi connectivity index (χ4v) is 4.22. The molecule has 2 heterocycles. The van der Waals surface area contributed by atoms with Crippen molar-refractivity contribution in [2.24, 2.45) is 0 Å². The molecule has 1 amide bonds. The second-order valence-electron chi connectivity index (χ2n) is 6.87. The lowest BCUT2D eigenvalue weighted by molar-refractivity contribution is 0.102. The molecule has 0 saturated heterocycles. The first-order chi connectivity index (χ1) is 14.6. The summed E-state index contributed by atoms with van der Waals surface area (Å²) in [7, 11) is 1.98. The zero-order chi connectivity index (χ0) is 20.9. The Morgan fingerprint density at radius 1 is 1.27 bits per heavy atom. The second-order valence-corrected chi connectivity index (χ2v) is 8.61. The number of nitrogens with one attached hydrogen (secondary N) is 3. The number of amides is 1. The third kappa shape index (κ3) is 5.02. The number of thioether (sulfide) groups is 1. The molecule has 0 radical (unpaired) electrons. The van der Waals surface area contributed by atoms with Crippen LogP contribution in [0.15, 0.2) is 71.1 Å². The van der Waals surface area contributed by atoms with Crippen molar-refractivity contribution in [1.82, 2.24) is 15.4 Å². The lowest BCUT2D eigenvalue weighted by Crippen LogP contribution is -2.36. The average molecular weight is 438 g/mol. The van der Waals surface area contributed by atoms with Crippen LogP contribution in [0.4, 0.5) is 10.8 Å². The van der Waals surface area contributed by atoms with Gasteiger partial charge in [0.05, 0.1) is 11.7 Å². The maximum absolute atomic E-state index is 12.5. The highest BCUT2D eigenvalue weighted by Gasteiger charge is 2.13. The van der Waals surface area contributed by atoms with Crippen molar-refractivity contribution in [3.05, 3.63) is 71.8 Å². The Balaban J connectivity index is 1.40. The van der Waals surface area contributed by atoms with Gasteiger partial charge in [-0.15, -0.1) is 23.1 Å². The van der Waals surface area contributed by atoms with E-state index in [1.807, 2.05) is 78.4 Å². The molecular formula is C22H23N5OS2. The molecule has 8 heteroatoms. The van der Waals surface area contributed by atoms with Crippen molar-refractivity contribution < 1.29 is 4.79 Å². The van der Waals surface area contributed by atoms with Crippen LogP contribution in [0.1, 0.15) is 10.4 Å². The fraction of sp³-hybridized carbons (Fsp3) is 0.182. The summed E-state index contributed by atoms with van der Waals surface area (Å²) in [5.41, 5.74) is 6.54. The molecule has 0 fully saturated rings. The summed E-state index contributed by atoms with van der Waals surface area (Å²) in [6.45, 7) is 0.763. The average Bonchev–Trinajstić information content (AvgIpc) is 3.41. The summed E-state index contributed by atoms with van der Waals surface area (Å²) in [5.74, 6) is -0.123. The Kier molecular flexibility index (Phi) is 6.37. The highest BCUT2D eigenvalue weighted by Crippen LogP contribution is 2.27. The number of thiazole rings is 1. The number of carbonyl (C=O) groups excluding carboxylic acids is 1. The van der Waals surface area contributed by atoms with Gasteiger partial charge in [-0.2, -0.15) is 0 Å². The normalized spacial score (nSPS) is 15.4.